The fourth-order valence-electron chi connectivity index (χ4n) is 2.86. The number of benzene rings is 2. The SMILES string of the molecule is COc1cccc(CCC2=N/C(=C/c3ccc(C(C)C)cc3)C(=O)N2)c1. The van der Waals surface area contributed by atoms with Gasteiger partial charge in [0.1, 0.15) is 17.3 Å². The van der Waals surface area contributed by atoms with Gasteiger partial charge in [0, 0.05) is 6.42 Å². The van der Waals surface area contributed by atoms with E-state index in [0.29, 0.717) is 23.9 Å². The molecule has 134 valence electrons. The highest BCUT2D eigenvalue weighted by molar-refractivity contribution is 6.14. The molecule has 1 amide bonds. The second-order valence-corrected chi connectivity index (χ2v) is 6.72. The molecule has 0 unspecified atom stereocenters. The van der Waals surface area contributed by atoms with Gasteiger partial charge in [-0.15, -0.1) is 0 Å². The number of hydrogen-bond acceptors (Lipinski definition) is 3. The number of hydrogen-bond donors (Lipinski definition) is 1. The minimum absolute atomic E-state index is 0.140. The van der Waals surface area contributed by atoms with E-state index in [1.807, 2.05) is 42.5 Å². The van der Waals surface area contributed by atoms with E-state index in [9.17, 15) is 4.79 Å². The maximum absolute atomic E-state index is 12.2. The first-order chi connectivity index (χ1) is 12.5. The highest BCUT2D eigenvalue weighted by Gasteiger charge is 2.19. The zero-order valence-corrected chi connectivity index (χ0v) is 15.5. The van der Waals surface area contributed by atoms with Crippen LogP contribution in [0, 0.1) is 0 Å². The molecule has 0 fully saturated rings. The monoisotopic (exact) mass is 348 g/mol. The molecule has 26 heavy (non-hydrogen) atoms. The molecule has 0 atom stereocenters. The summed E-state index contributed by atoms with van der Waals surface area (Å²) in [6.07, 6.45) is 3.31. The van der Waals surface area contributed by atoms with E-state index in [0.717, 1.165) is 23.3 Å². The van der Waals surface area contributed by atoms with Crippen LogP contribution in [-0.2, 0) is 11.2 Å². The van der Waals surface area contributed by atoms with Crippen LogP contribution in [0.25, 0.3) is 6.08 Å². The molecule has 3 rings (SSSR count). The molecule has 0 spiro atoms. The summed E-state index contributed by atoms with van der Waals surface area (Å²) in [5.41, 5.74) is 3.88. The van der Waals surface area contributed by atoms with Crippen molar-refractivity contribution in [3.05, 3.63) is 70.9 Å². The summed E-state index contributed by atoms with van der Waals surface area (Å²) < 4.78 is 5.24. The Morgan fingerprint density at radius 1 is 1.12 bits per heavy atom. The Labute approximate surface area is 154 Å². The van der Waals surface area contributed by atoms with Crippen molar-refractivity contribution in [2.24, 2.45) is 4.99 Å². The highest BCUT2D eigenvalue weighted by Crippen LogP contribution is 2.19. The Hall–Kier alpha value is -2.88. The summed E-state index contributed by atoms with van der Waals surface area (Å²) in [6.45, 7) is 4.33. The minimum atomic E-state index is -0.140. The first-order valence-electron chi connectivity index (χ1n) is 8.88. The molecule has 0 bridgehead atoms. The van der Waals surface area contributed by atoms with E-state index in [1.165, 1.54) is 5.56 Å². The zero-order chi connectivity index (χ0) is 18.5. The number of nitrogens with one attached hydrogen (secondary N) is 1. The second-order valence-electron chi connectivity index (χ2n) is 6.72. The van der Waals surface area contributed by atoms with Gasteiger partial charge in [-0.25, -0.2) is 4.99 Å². The molecule has 1 heterocycles. The molecule has 0 radical (unpaired) electrons. The van der Waals surface area contributed by atoms with Crippen LogP contribution in [0.4, 0.5) is 0 Å². The zero-order valence-electron chi connectivity index (χ0n) is 15.5. The highest BCUT2D eigenvalue weighted by atomic mass is 16.5. The lowest BCUT2D eigenvalue weighted by molar-refractivity contribution is -0.115. The van der Waals surface area contributed by atoms with Crippen LogP contribution in [-0.4, -0.2) is 18.9 Å². The van der Waals surface area contributed by atoms with Crippen LogP contribution in [0.2, 0.25) is 0 Å². The third kappa shape index (κ3) is 4.39. The van der Waals surface area contributed by atoms with E-state index in [2.05, 4.69) is 36.3 Å². The Bertz CT molecular complexity index is 849. The number of amides is 1. The number of carbonyl (C=O) groups is 1. The van der Waals surface area contributed by atoms with Crippen LogP contribution in [0.5, 0.6) is 5.75 Å². The van der Waals surface area contributed by atoms with Gasteiger partial charge in [0.05, 0.1) is 7.11 Å². The molecule has 0 saturated carbocycles. The molecule has 1 aliphatic rings. The maximum atomic E-state index is 12.2. The third-order valence-corrected chi connectivity index (χ3v) is 4.44. The lowest BCUT2D eigenvalue weighted by Gasteiger charge is -2.04. The normalized spacial score (nSPS) is 15.3. The Kier molecular flexibility index (Phi) is 5.52. The number of aliphatic imine (C=N–C) groups is 1. The maximum Gasteiger partial charge on any atom is 0.275 e. The number of amidine groups is 1. The quantitative estimate of drug-likeness (QED) is 0.791. The summed E-state index contributed by atoms with van der Waals surface area (Å²) in [6, 6.07) is 16.2. The average Bonchev–Trinajstić information content (AvgIpc) is 3.00. The standard InChI is InChI=1S/C22H24N2O2/c1-15(2)18-10-7-17(8-11-18)14-20-22(25)24-21(23-20)12-9-16-5-4-6-19(13-16)26-3/h4-8,10-11,13-15H,9,12H2,1-3H3,(H,23,24,25)/b20-14+. The van der Waals surface area contributed by atoms with Gasteiger partial charge in [-0.3, -0.25) is 4.79 Å². The van der Waals surface area contributed by atoms with Crippen molar-refractivity contribution < 1.29 is 9.53 Å². The first-order valence-corrected chi connectivity index (χ1v) is 8.88. The van der Waals surface area contributed by atoms with E-state index in [-0.39, 0.29) is 5.91 Å². The van der Waals surface area contributed by atoms with Crippen LogP contribution >= 0.6 is 0 Å². The minimum Gasteiger partial charge on any atom is -0.497 e. The van der Waals surface area contributed by atoms with Crippen molar-refractivity contribution in [3.8, 4) is 5.75 Å². The summed E-state index contributed by atoms with van der Waals surface area (Å²) >= 11 is 0. The fraction of sp³-hybridized carbons (Fsp3) is 0.273. The van der Waals surface area contributed by atoms with Crippen molar-refractivity contribution in [2.45, 2.75) is 32.6 Å². The van der Waals surface area contributed by atoms with Gasteiger partial charge in [0.25, 0.3) is 5.91 Å². The summed E-state index contributed by atoms with van der Waals surface area (Å²) in [5, 5.41) is 2.86. The fourth-order valence-corrected chi connectivity index (χ4v) is 2.86. The molecular weight excluding hydrogens is 324 g/mol. The number of ether oxygens (including phenoxy) is 1. The lowest BCUT2D eigenvalue weighted by atomic mass is 10.0. The van der Waals surface area contributed by atoms with Crippen molar-refractivity contribution in [2.75, 3.05) is 7.11 Å². The van der Waals surface area contributed by atoms with Crippen molar-refractivity contribution in [3.63, 3.8) is 0 Å². The molecule has 1 aliphatic heterocycles. The van der Waals surface area contributed by atoms with Gasteiger partial charge in [0.2, 0.25) is 0 Å². The number of rotatable bonds is 6. The van der Waals surface area contributed by atoms with E-state index in [4.69, 9.17) is 4.74 Å². The molecule has 0 aliphatic carbocycles. The Morgan fingerprint density at radius 3 is 2.58 bits per heavy atom. The number of methoxy groups -OCH3 is 1. The van der Waals surface area contributed by atoms with Gasteiger partial charge in [-0.05, 0) is 47.2 Å². The van der Waals surface area contributed by atoms with Crippen LogP contribution in [0.15, 0.2) is 59.2 Å². The van der Waals surface area contributed by atoms with Crippen LogP contribution < -0.4 is 10.1 Å². The molecule has 2 aromatic rings. The Morgan fingerprint density at radius 2 is 1.88 bits per heavy atom. The van der Waals surface area contributed by atoms with Crippen LogP contribution in [0.1, 0.15) is 42.9 Å². The van der Waals surface area contributed by atoms with Crippen molar-refractivity contribution in [1.82, 2.24) is 5.32 Å². The molecular formula is C22H24N2O2. The third-order valence-electron chi connectivity index (χ3n) is 4.44. The largest absolute Gasteiger partial charge is 0.497 e. The predicted molar refractivity (Wildman–Crippen MR) is 105 cm³/mol. The van der Waals surface area contributed by atoms with Crippen LogP contribution in [0.3, 0.4) is 0 Å². The number of nitrogens with zero attached hydrogens (tertiary/aromatic N) is 1. The van der Waals surface area contributed by atoms with Crippen molar-refractivity contribution in [1.29, 1.82) is 0 Å². The molecule has 4 heteroatoms. The lowest BCUT2D eigenvalue weighted by Crippen LogP contribution is -2.24. The molecule has 1 N–H and O–H groups in total. The van der Waals surface area contributed by atoms with E-state index in [1.54, 1.807) is 7.11 Å². The number of aryl methyl sites for hydroxylation is 1. The molecule has 0 aromatic heterocycles. The van der Waals surface area contributed by atoms with E-state index < -0.39 is 0 Å². The van der Waals surface area contributed by atoms with Gasteiger partial charge in [0.15, 0.2) is 0 Å². The van der Waals surface area contributed by atoms with E-state index >= 15 is 0 Å². The topological polar surface area (TPSA) is 50.7 Å². The Balaban J connectivity index is 1.68. The predicted octanol–water partition coefficient (Wildman–Crippen LogP) is 4.32. The molecule has 0 saturated heterocycles. The van der Waals surface area contributed by atoms with Gasteiger partial charge in [-0.2, -0.15) is 0 Å². The molecule has 4 nitrogen and oxygen atoms in total. The summed E-state index contributed by atoms with van der Waals surface area (Å²) in [7, 11) is 1.66. The smallest absolute Gasteiger partial charge is 0.275 e. The van der Waals surface area contributed by atoms with Gasteiger partial charge >= 0.3 is 0 Å². The average molecular weight is 348 g/mol. The second kappa shape index (κ2) is 8.00. The molecule has 2 aromatic carbocycles. The number of carbonyl (C=O) groups excluding carboxylic acids is 1. The van der Waals surface area contributed by atoms with Crippen molar-refractivity contribution >= 4 is 17.8 Å². The van der Waals surface area contributed by atoms with Gasteiger partial charge < -0.3 is 10.1 Å². The first kappa shape index (κ1) is 17.9. The summed E-state index contributed by atoms with van der Waals surface area (Å²) in [4.78, 5) is 16.6. The summed E-state index contributed by atoms with van der Waals surface area (Å²) in [5.74, 6) is 1.90. The van der Waals surface area contributed by atoms with Gasteiger partial charge in [-0.1, -0.05) is 50.2 Å².